The molecule has 0 atom stereocenters. The van der Waals surface area contributed by atoms with Crippen LogP contribution in [0.15, 0.2) is 18.2 Å². The first kappa shape index (κ1) is 10.6. The van der Waals surface area contributed by atoms with Crippen LogP contribution in [0.1, 0.15) is 5.56 Å². The Labute approximate surface area is 81.4 Å². The summed E-state index contributed by atoms with van der Waals surface area (Å²) in [6, 6.07) is 6.46. The second kappa shape index (κ2) is 3.75. The first-order valence-corrected chi connectivity index (χ1v) is 5.77. The fourth-order valence-electron chi connectivity index (χ4n) is 0.982. The maximum Gasteiger partial charge on any atom is 0.269 e. The van der Waals surface area contributed by atoms with Gasteiger partial charge in [-0.25, -0.2) is 8.42 Å². The lowest BCUT2D eigenvalue weighted by Gasteiger charge is -1.97. The molecule has 5 nitrogen and oxygen atoms in total. The van der Waals surface area contributed by atoms with Crippen molar-refractivity contribution in [2.45, 2.75) is 5.75 Å². The van der Waals surface area contributed by atoms with Crippen LogP contribution in [0.4, 0.5) is 5.69 Å². The van der Waals surface area contributed by atoms with Gasteiger partial charge in [0.05, 0.1) is 10.7 Å². The quantitative estimate of drug-likeness (QED) is 0.554. The number of nitro benzene ring substituents is 1. The molecule has 75 valence electrons. The zero-order valence-corrected chi connectivity index (χ0v) is 8.24. The Morgan fingerprint density at radius 3 is 2.71 bits per heavy atom. The molecule has 0 N–H and O–H groups in total. The molecule has 0 aromatic heterocycles. The number of hydrogen-bond acceptors (Lipinski definition) is 4. The van der Waals surface area contributed by atoms with E-state index in [0.29, 0.717) is 5.56 Å². The average molecular weight is 214 g/mol. The minimum absolute atomic E-state index is 0.123. The Kier molecular flexibility index (Phi) is 2.85. The van der Waals surface area contributed by atoms with Crippen molar-refractivity contribution in [3.8, 4) is 0 Å². The normalized spacial score (nSPS) is 11.2. The van der Waals surface area contributed by atoms with Crippen molar-refractivity contribution in [2.75, 3.05) is 6.26 Å². The summed E-state index contributed by atoms with van der Waals surface area (Å²) in [6.45, 7) is 0. The Hall–Kier alpha value is -1.43. The van der Waals surface area contributed by atoms with E-state index >= 15 is 0 Å². The van der Waals surface area contributed by atoms with E-state index < -0.39 is 14.8 Å². The van der Waals surface area contributed by atoms with Crippen molar-refractivity contribution < 1.29 is 13.3 Å². The molecule has 0 aliphatic rings. The molecule has 0 heterocycles. The lowest BCUT2D eigenvalue weighted by atomic mass is 10.2. The molecular weight excluding hydrogens is 206 g/mol. The molecule has 0 amide bonds. The molecule has 6 heteroatoms. The molecule has 1 radical (unpaired) electrons. The number of sulfone groups is 1. The Balaban J connectivity index is 3.01. The SMILES string of the molecule is CS(=O)(=O)Cc1[c]ccc([N+](=O)[O-])c1. The van der Waals surface area contributed by atoms with Crippen molar-refractivity contribution in [1.82, 2.24) is 0 Å². The van der Waals surface area contributed by atoms with Crippen LogP contribution in [0, 0.1) is 16.2 Å². The zero-order valence-electron chi connectivity index (χ0n) is 7.43. The van der Waals surface area contributed by atoms with Crippen LogP contribution in [-0.4, -0.2) is 19.6 Å². The molecule has 0 saturated carbocycles. The Morgan fingerprint density at radius 1 is 1.57 bits per heavy atom. The topological polar surface area (TPSA) is 77.3 Å². The highest BCUT2D eigenvalue weighted by molar-refractivity contribution is 7.89. The molecule has 0 saturated heterocycles. The number of nitro groups is 1. The summed E-state index contributed by atoms with van der Waals surface area (Å²) in [7, 11) is -3.17. The van der Waals surface area contributed by atoms with Crippen LogP contribution in [0.25, 0.3) is 0 Å². The molecule has 0 unspecified atom stereocenters. The van der Waals surface area contributed by atoms with Crippen molar-refractivity contribution in [3.63, 3.8) is 0 Å². The third kappa shape index (κ3) is 3.14. The van der Waals surface area contributed by atoms with Gasteiger partial charge in [0.25, 0.3) is 5.69 Å². The summed E-state index contributed by atoms with van der Waals surface area (Å²) in [5.74, 6) is -0.228. The Bertz CT molecular complexity index is 452. The molecular formula is C8H8NO4S. The van der Waals surface area contributed by atoms with E-state index in [1.807, 2.05) is 0 Å². The first-order valence-electron chi connectivity index (χ1n) is 3.71. The van der Waals surface area contributed by atoms with Gasteiger partial charge in [0, 0.05) is 18.4 Å². The fraction of sp³-hybridized carbons (Fsp3) is 0.250. The largest absolute Gasteiger partial charge is 0.269 e. The molecule has 0 bridgehead atoms. The highest BCUT2D eigenvalue weighted by atomic mass is 32.2. The summed E-state index contributed by atoms with van der Waals surface area (Å²) in [6.07, 6.45) is 1.07. The highest BCUT2D eigenvalue weighted by Gasteiger charge is 2.09. The van der Waals surface area contributed by atoms with Gasteiger partial charge >= 0.3 is 0 Å². The van der Waals surface area contributed by atoms with Gasteiger partial charge in [-0.2, -0.15) is 0 Å². The molecule has 0 aliphatic carbocycles. The van der Waals surface area contributed by atoms with Crippen LogP contribution in [-0.2, 0) is 15.6 Å². The predicted molar refractivity (Wildman–Crippen MR) is 50.5 cm³/mol. The van der Waals surface area contributed by atoms with Crippen LogP contribution in [0.3, 0.4) is 0 Å². The van der Waals surface area contributed by atoms with Crippen LogP contribution in [0.2, 0.25) is 0 Å². The van der Waals surface area contributed by atoms with Gasteiger partial charge in [0.1, 0.15) is 0 Å². The second-order valence-electron chi connectivity index (χ2n) is 2.90. The van der Waals surface area contributed by atoms with E-state index in [2.05, 4.69) is 6.07 Å². The van der Waals surface area contributed by atoms with Gasteiger partial charge in [-0.05, 0) is 17.7 Å². The van der Waals surface area contributed by atoms with Crippen LogP contribution >= 0.6 is 0 Å². The summed E-state index contributed by atoms with van der Waals surface area (Å²) < 4.78 is 21.8. The van der Waals surface area contributed by atoms with E-state index in [1.165, 1.54) is 18.2 Å². The molecule has 0 spiro atoms. The van der Waals surface area contributed by atoms with Gasteiger partial charge < -0.3 is 0 Å². The minimum Gasteiger partial charge on any atom is -0.258 e. The number of non-ortho nitro benzene ring substituents is 1. The molecule has 0 aliphatic heterocycles. The van der Waals surface area contributed by atoms with Crippen molar-refractivity contribution in [2.24, 2.45) is 0 Å². The van der Waals surface area contributed by atoms with E-state index in [-0.39, 0.29) is 11.4 Å². The van der Waals surface area contributed by atoms with E-state index in [1.54, 1.807) is 0 Å². The van der Waals surface area contributed by atoms with E-state index in [9.17, 15) is 18.5 Å². The highest BCUT2D eigenvalue weighted by Crippen LogP contribution is 2.14. The standard InChI is InChI=1S/C8H8NO4S/c1-14(12,13)6-7-3-2-4-8(5-7)9(10)11/h2,4-5H,6H2,1H3. The number of rotatable bonds is 3. The Morgan fingerprint density at radius 2 is 2.21 bits per heavy atom. The molecule has 1 aromatic carbocycles. The molecule has 1 rings (SSSR count). The molecule has 14 heavy (non-hydrogen) atoms. The van der Waals surface area contributed by atoms with Gasteiger partial charge in [-0.15, -0.1) is 0 Å². The lowest BCUT2D eigenvalue weighted by molar-refractivity contribution is -0.384. The summed E-state index contributed by atoms with van der Waals surface area (Å²) in [5.41, 5.74) is 0.184. The second-order valence-corrected chi connectivity index (χ2v) is 5.04. The summed E-state index contributed by atoms with van der Waals surface area (Å²) >= 11 is 0. The third-order valence-corrected chi connectivity index (χ3v) is 2.31. The van der Waals surface area contributed by atoms with Gasteiger partial charge in [0.15, 0.2) is 9.84 Å². The maximum atomic E-state index is 10.9. The average Bonchev–Trinajstić information content (AvgIpc) is 2.01. The molecule has 1 aromatic rings. The summed E-state index contributed by atoms with van der Waals surface area (Å²) in [4.78, 5) is 9.79. The maximum absolute atomic E-state index is 10.9. The smallest absolute Gasteiger partial charge is 0.258 e. The van der Waals surface area contributed by atoms with Gasteiger partial charge in [-0.3, -0.25) is 10.1 Å². The van der Waals surface area contributed by atoms with Crippen molar-refractivity contribution >= 4 is 15.5 Å². The monoisotopic (exact) mass is 214 g/mol. The van der Waals surface area contributed by atoms with Crippen LogP contribution in [0.5, 0.6) is 0 Å². The molecule has 0 fully saturated rings. The number of nitrogens with zero attached hydrogens (tertiary/aromatic N) is 1. The van der Waals surface area contributed by atoms with Gasteiger partial charge in [-0.1, -0.05) is 0 Å². The zero-order chi connectivity index (χ0) is 10.8. The van der Waals surface area contributed by atoms with E-state index in [4.69, 9.17) is 0 Å². The first-order chi connectivity index (χ1) is 6.38. The number of hydrogen-bond donors (Lipinski definition) is 0. The van der Waals surface area contributed by atoms with Crippen molar-refractivity contribution in [3.05, 3.63) is 39.9 Å². The lowest BCUT2D eigenvalue weighted by Crippen LogP contribution is -2.01. The third-order valence-electron chi connectivity index (χ3n) is 1.47. The fourth-order valence-corrected chi connectivity index (χ4v) is 1.71. The van der Waals surface area contributed by atoms with Crippen LogP contribution < -0.4 is 0 Å². The summed E-state index contributed by atoms with van der Waals surface area (Å²) in [5, 5.41) is 10.4. The van der Waals surface area contributed by atoms with Gasteiger partial charge in [0.2, 0.25) is 0 Å². The predicted octanol–water partition coefficient (Wildman–Crippen LogP) is 0.940. The minimum atomic E-state index is -3.17. The number of benzene rings is 1. The van der Waals surface area contributed by atoms with Crippen molar-refractivity contribution in [1.29, 1.82) is 0 Å². The van der Waals surface area contributed by atoms with E-state index in [0.717, 1.165) is 6.26 Å².